The monoisotopic (exact) mass is 450 g/mol. The molecule has 1 saturated heterocycles. The van der Waals surface area contributed by atoms with Gasteiger partial charge in [0.15, 0.2) is 17.3 Å². The molecule has 0 amide bonds. The molecular formula is C24H30N6O3. The lowest BCUT2D eigenvalue weighted by molar-refractivity contribution is 0.138. The average molecular weight is 451 g/mol. The minimum absolute atomic E-state index is 0.109. The van der Waals surface area contributed by atoms with Crippen molar-refractivity contribution in [3.63, 3.8) is 0 Å². The molecule has 9 nitrogen and oxygen atoms in total. The van der Waals surface area contributed by atoms with Crippen LogP contribution in [0.3, 0.4) is 0 Å². The van der Waals surface area contributed by atoms with Crippen LogP contribution >= 0.6 is 0 Å². The fourth-order valence-electron chi connectivity index (χ4n) is 5.74. The Balaban J connectivity index is 1.48. The molecule has 1 aromatic carbocycles. The minimum Gasteiger partial charge on any atom is -0.454 e. The highest BCUT2D eigenvalue weighted by atomic mass is 16.7. The number of rotatable bonds is 4. The maximum atomic E-state index is 13.4. The van der Waals surface area contributed by atoms with Crippen molar-refractivity contribution < 1.29 is 9.47 Å². The standard InChI is InChI=1S/C24H30N6O3/c1-15-6-5-9-29(13-15)22(23-26-27-28-30(23)17-7-3-2-4-8-17)18-10-16-11-20-21(33-14-32-20)12-19(16)25-24(18)31/h10-12,15,17,22H,2-9,13-14H2,1H3,(H,25,31)/t15-,22+/m0/s1. The van der Waals surface area contributed by atoms with Crippen molar-refractivity contribution in [3.8, 4) is 11.5 Å². The SMILES string of the molecule is C[C@H]1CCCN([C@H](c2cc3cc4c(cc3[nH]c2=O)OCO4)c2nnnn2C2CCCCC2)C1. The molecule has 2 atom stereocenters. The molecule has 0 spiro atoms. The molecule has 0 bridgehead atoms. The van der Waals surface area contributed by atoms with Gasteiger partial charge < -0.3 is 14.5 Å². The first-order valence-electron chi connectivity index (χ1n) is 12.2. The molecule has 33 heavy (non-hydrogen) atoms. The van der Waals surface area contributed by atoms with Crippen molar-refractivity contribution in [2.75, 3.05) is 19.9 Å². The van der Waals surface area contributed by atoms with Crippen molar-refractivity contribution in [3.05, 3.63) is 39.9 Å². The zero-order valence-electron chi connectivity index (χ0n) is 19.0. The van der Waals surface area contributed by atoms with Crippen LogP contribution in [-0.2, 0) is 0 Å². The fourth-order valence-corrected chi connectivity index (χ4v) is 5.74. The summed E-state index contributed by atoms with van der Waals surface area (Å²) in [6, 6.07) is 5.77. The van der Waals surface area contributed by atoms with E-state index in [1.165, 1.54) is 25.7 Å². The van der Waals surface area contributed by atoms with E-state index in [1.54, 1.807) is 0 Å². The van der Waals surface area contributed by atoms with Gasteiger partial charge in [-0.25, -0.2) is 4.68 Å². The first-order valence-corrected chi connectivity index (χ1v) is 12.2. The fraction of sp³-hybridized carbons (Fsp3) is 0.583. The highest BCUT2D eigenvalue weighted by molar-refractivity contribution is 5.83. The summed E-state index contributed by atoms with van der Waals surface area (Å²) in [5, 5.41) is 13.9. The van der Waals surface area contributed by atoms with E-state index in [-0.39, 0.29) is 18.4 Å². The third kappa shape index (κ3) is 3.78. The van der Waals surface area contributed by atoms with E-state index in [0.29, 0.717) is 29.0 Å². The number of piperidine rings is 1. The van der Waals surface area contributed by atoms with Crippen LogP contribution in [-0.4, -0.2) is 50.0 Å². The quantitative estimate of drug-likeness (QED) is 0.649. The predicted molar refractivity (Wildman–Crippen MR) is 122 cm³/mol. The second kappa shape index (κ2) is 8.44. The summed E-state index contributed by atoms with van der Waals surface area (Å²) in [6.07, 6.45) is 8.12. The number of nitrogens with one attached hydrogen (secondary N) is 1. The van der Waals surface area contributed by atoms with Gasteiger partial charge in [-0.1, -0.05) is 26.2 Å². The summed E-state index contributed by atoms with van der Waals surface area (Å²) in [5.74, 6) is 2.71. The number of aromatic amines is 1. The van der Waals surface area contributed by atoms with E-state index >= 15 is 0 Å². The molecule has 1 saturated carbocycles. The number of H-pyrrole nitrogens is 1. The van der Waals surface area contributed by atoms with Gasteiger partial charge in [-0.2, -0.15) is 0 Å². The molecule has 6 rings (SSSR count). The number of pyridine rings is 1. The van der Waals surface area contributed by atoms with Crippen molar-refractivity contribution in [2.45, 2.75) is 64.0 Å². The second-order valence-corrected chi connectivity index (χ2v) is 9.76. The van der Waals surface area contributed by atoms with Crippen LogP contribution in [0.2, 0.25) is 0 Å². The molecule has 0 radical (unpaired) electrons. The minimum atomic E-state index is -0.289. The predicted octanol–water partition coefficient (Wildman–Crippen LogP) is 3.57. The van der Waals surface area contributed by atoms with Gasteiger partial charge in [0.05, 0.1) is 11.6 Å². The number of fused-ring (bicyclic) bond motifs is 2. The average Bonchev–Trinajstić information content (AvgIpc) is 3.48. The Morgan fingerprint density at radius 1 is 1.06 bits per heavy atom. The maximum Gasteiger partial charge on any atom is 0.253 e. The van der Waals surface area contributed by atoms with Gasteiger partial charge in [0, 0.05) is 23.6 Å². The molecule has 0 unspecified atom stereocenters. The van der Waals surface area contributed by atoms with E-state index in [9.17, 15) is 4.79 Å². The van der Waals surface area contributed by atoms with Crippen molar-refractivity contribution in [1.29, 1.82) is 0 Å². The molecule has 174 valence electrons. The Hall–Kier alpha value is -2.94. The molecule has 1 aliphatic carbocycles. The van der Waals surface area contributed by atoms with Crippen molar-refractivity contribution in [1.82, 2.24) is 30.1 Å². The molecule has 1 N–H and O–H groups in total. The summed E-state index contributed by atoms with van der Waals surface area (Å²) in [4.78, 5) is 18.9. The molecule has 2 aliphatic heterocycles. The topological polar surface area (TPSA) is 98.2 Å². The van der Waals surface area contributed by atoms with E-state index in [0.717, 1.165) is 49.1 Å². The Morgan fingerprint density at radius 2 is 1.88 bits per heavy atom. The second-order valence-electron chi connectivity index (χ2n) is 9.76. The van der Waals surface area contributed by atoms with Crippen molar-refractivity contribution >= 4 is 10.9 Å². The number of nitrogens with zero attached hydrogens (tertiary/aromatic N) is 5. The molecule has 3 aromatic rings. The van der Waals surface area contributed by atoms with Gasteiger partial charge in [-0.15, -0.1) is 5.10 Å². The third-order valence-electron chi connectivity index (χ3n) is 7.40. The van der Waals surface area contributed by atoms with Gasteiger partial charge in [0.1, 0.15) is 6.04 Å². The lowest BCUT2D eigenvalue weighted by Gasteiger charge is -2.37. The maximum absolute atomic E-state index is 13.4. The Morgan fingerprint density at radius 3 is 2.70 bits per heavy atom. The van der Waals surface area contributed by atoms with Gasteiger partial charge in [-0.3, -0.25) is 9.69 Å². The van der Waals surface area contributed by atoms with Gasteiger partial charge >= 0.3 is 0 Å². The lowest BCUT2D eigenvalue weighted by atomic mass is 9.93. The Bertz CT molecular complexity index is 1210. The highest BCUT2D eigenvalue weighted by Crippen LogP contribution is 2.38. The van der Waals surface area contributed by atoms with E-state index < -0.39 is 0 Å². The first-order chi connectivity index (χ1) is 16.2. The number of hydrogen-bond donors (Lipinski definition) is 1. The number of likely N-dealkylation sites (tertiary alicyclic amines) is 1. The molecular weight excluding hydrogens is 420 g/mol. The van der Waals surface area contributed by atoms with Crippen LogP contribution in [0, 0.1) is 5.92 Å². The van der Waals surface area contributed by atoms with Gasteiger partial charge in [0.25, 0.3) is 5.56 Å². The third-order valence-corrected chi connectivity index (χ3v) is 7.40. The molecule has 4 heterocycles. The van der Waals surface area contributed by atoms with E-state index in [4.69, 9.17) is 9.47 Å². The Kier molecular flexibility index (Phi) is 5.28. The molecule has 2 aromatic heterocycles. The molecule has 3 aliphatic rings. The molecule has 2 fully saturated rings. The summed E-state index contributed by atoms with van der Waals surface area (Å²) >= 11 is 0. The highest BCUT2D eigenvalue weighted by Gasteiger charge is 2.34. The lowest BCUT2D eigenvalue weighted by Crippen LogP contribution is -2.41. The summed E-state index contributed by atoms with van der Waals surface area (Å²) in [6.45, 7) is 4.32. The first kappa shape index (κ1) is 20.7. The number of tetrazole rings is 1. The normalized spacial score (nSPS) is 22.6. The number of aromatic nitrogens is 5. The smallest absolute Gasteiger partial charge is 0.253 e. The zero-order chi connectivity index (χ0) is 22.4. The number of ether oxygens (including phenoxy) is 2. The Labute approximate surface area is 192 Å². The van der Waals surface area contributed by atoms with Gasteiger partial charge in [-0.05, 0) is 60.7 Å². The van der Waals surface area contributed by atoms with Crippen LogP contribution in [0.4, 0.5) is 0 Å². The number of benzene rings is 1. The number of hydrogen-bond acceptors (Lipinski definition) is 7. The van der Waals surface area contributed by atoms with Crippen LogP contribution in [0.1, 0.15) is 75.3 Å². The molecule has 9 heteroatoms. The summed E-state index contributed by atoms with van der Waals surface area (Å²) < 4.78 is 13.1. The van der Waals surface area contributed by atoms with E-state index in [1.807, 2.05) is 22.9 Å². The summed E-state index contributed by atoms with van der Waals surface area (Å²) in [7, 11) is 0. The van der Waals surface area contributed by atoms with Crippen LogP contribution in [0.25, 0.3) is 10.9 Å². The van der Waals surface area contributed by atoms with Gasteiger partial charge in [0.2, 0.25) is 6.79 Å². The largest absolute Gasteiger partial charge is 0.454 e. The summed E-state index contributed by atoms with van der Waals surface area (Å²) in [5.41, 5.74) is 1.32. The van der Waals surface area contributed by atoms with Crippen LogP contribution < -0.4 is 15.0 Å². The van der Waals surface area contributed by atoms with Crippen LogP contribution in [0.15, 0.2) is 23.0 Å². The van der Waals surface area contributed by atoms with Crippen LogP contribution in [0.5, 0.6) is 11.5 Å². The zero-order valence-corrected chi connectivity index (χ0v) is 19.0. The van der Waals surface area contributed by atoms with Crippen molar-refractivity contribution in [2.24, 2.45) is 5.92 Å². The van der Waals surface area contributed by atoms with E-state index in [2.05, 4.69) is 32.3 Å².